The Morgan fingerprint density at radius 2 is 1.85 bits per heavy atom. The number of furan rings is 1. The molecule has 0 fully saturated rings. The molecule has 11 nitrogen and oxygen atoms in total. The van der Waals surface area contributed by atoms with Crippen LogP contribution in [0.4, 0.5) is 28.2 Å². The van der Waals surface area contributed by atoms with Crippen molar-refractivity contribution in [2.45, 2.75) is 32.9 Å². The molecule has 0 aliphatic carbocycles. The van der Waals surface area contributed by atoms with Gasteiger partial charge in [0.2, 0.25) is 11.9 Å². The molecule has 0 unspecified atom stereocenters. The van der Waals surface area contributed by atoms with Crippen molar-refractivity contribution in [3.05, 3.63) is 60.6 Å². The van der Waals surface area contributed by atoms with E-state index in [-0.39, 0.29) is 0 Å². The van der Waals surface area contributed by atoms with Crippen LogP contribution < -0.4 is 16.0 Å². The van der Waals surface area contributed by atoms with Crippen LogP contribution in [0.2, 0.25) is 0 Å². The highest BCUT2D eigenvalue weighted by Gasteiger charge is 2.15. The van der Waals surface area contributed by atoms with E-state index in [1.807, 2.05) is 51.1 Å². The van der Waals surface area contributed by atoms with Crippen molar-refractivity contribution in [3.63, 3.8) is 0 Å². The average Bonchev–Trinajstić information content (AvgIpc) is 3.44. The number of alkyl carbamates (subject to hydrolysis) is 1. The van der Waals surface area contributed by atoms with E-state index in [1.54, 1.807) is 18.4 Å². The predicted octanol–water partition coefficient (Wildman–Crippen LogP) is 4.37. The molecule has 0 saturated carbocycles. The lowest BCUT2D eigenvalue weighted by Crippen LogP contribution is -2.32. The Morgan fingerprint density at radius 1 is 1.09 bits per heavy atom. The normalized spacial score (nSPS) is 11.1. The number of hydrogen-bond donors (Lipinski definition) is 4. The number of carbonyl (C=O) groups is 1. The van der Waals surface area contributed by atoms with Crippen LogP contribution in [-0.2, 0) is 11.3 Å². The van der Waals surface area contributed by atoms with Crippen LogP contribution in [0.3, 0.4) is 0 Å². The summed E-state index contributed by atoms with van der Waals surface area (Å²) in [6.07, 6.45) is 2.54. The molecule has 0 spiro atoms. The van der Waals surface area contributed by atoms with Gasteiger partial charge in [0.15, 0.2) is 11.6 Å². The van der Waals surface area contributed by atoms with Gasteiger partial charge in [0.25, 0.3) is 0 Å². The van der Waals surface area contributed by atoms with Gasteiger partial charge in [-0.05, 0) is 50.6 Å². The van der Waals surface area contributed by atoms with Crippen molar-refractivity contribution < 1.29 is 13.9 Å². The SMILES string of the molecule is CC(C)(C)OC(=O)NCc1ccc(Nc2ncnc(Nc3cc(-c4ccco4)[nH]n3)n2)cc1. The monoisotopic (exact) mass is 448 g/mol. The Kier molecular flexibility index (Phi) is 6.20. The zero-order valence-electron chi connectivity index (χ0n) is 18.4. The molecule has 3 aromatic heterocycles. The molecule has 0 radical (unpaired) electrons. The van der Waals surface area contributed by atoms with E-state index in [0.717, 1.165) is 16.9 Å². The highest BCUT2D eigenvalue weighted by molar-refractivity contribution is 5.67. The molecular formula is C22H24N8O3. The number of amides is 1. The van der Waals surface area contributed by atoms with Crippen LogP contribution in [0.25, 0.3) is 11.5 Å². The van der Waals surface area contributed by atoms with E-state index in [1.165, 1.54) is 6.33 Å². The molecule has 4 rings (SSSR count). The van der Waals surface area contributed by atoms with Gasteiger partial charge in [-0.15, -0.1) is 0 Å². The van der Waals surface area contributed by atoms with Crippen LogP contribution in [-0.4, -0.2) is 36.8 Å². The zero-order chi connectivity index (χ0) is 23.3. The summed E-state index contributed by atoms with van der Waals surface area (Å²) in [5, 5.41) is 16.0. The van der Waals surface area contributed by atoms with Crippen molar-refractivity contribution in [1.29, 1.82) is 0 Å². The third kappa shape index (κ3) is 6.29. The van der Waals surface area contributed by atoms with Gasteiger partial charge >= 0.3 is 6.09 Å². The van der Waals surface area contributed by atoms with Crippen LogP contribution in [0.5, 0.6) is 0 Å². The third-order valence-corrected chi connectivity index (χ3v) is 4.22. The van der Waals surface area contributed by atoms with E-state index in [4.69, 9.17) is 9.15 Å². The largest absolute Gasteiger partial charge is 0.463 e. The number of benzene rings is 1. The van der Waals surface area contributed by atoms with Gasteiger partial charge in [-0.25, -0.2) is 14.8 Å². The minimum atomic E-state index is -0.533. The standard InChI is InChI=1S/C22H24N8O3/c1-22(2,3)33-21(31)23-12-14-6-8-15(9-7-14)26-19-24-13-25-20(28-19)27-18-11-16(29-30-18)17-5-4-10-32-17/h4-11,13H,12H2,1-3H3,(H,23,31)(H3,24,25,26,27,28,29,30). The number of H-pyrrole nitrogens is 1. The second-order valence-electron chi connectivity index (χ2n) is 8.08. The number of anilines is 4. The molecule has 0 saturated heterocycles. The Balaban J connectivity index is 1.33. The number of ether oxygens (including phenoxy) is 1. The summed E-state index contributed by atoms with van der Waals surface area (Å²) in [7, 11) is 0. The van der Waals surface area contributed by atoms with Gasteiger partial charge in [0.05, 0.1) is 6.26 Å². The lowest BCUT2D eigenvalue weighted by molar-refractivity contribution is 0.0523. The summed E-state index contributed by atoms with van der Waals surface area (Å²) in [5.41, 5.74) is 1.91. The van der Waals surface area contributed by atoms with Crippen LogP contribution in [0, 0.1) is 0 Å². The summed E-state index contributed by atoms with van der Waals surface area (Å²) in [4.78, 5) is 24.4. The molecule has 33 heavy (non-hydrogen) atoms. The van der Waals surface area contributed by atoms with Gasteiger partial charge in [0, 0.05) is 18.3 Å². The minimum absolute atomic E-state index is 0.336. The molecule has 1 aromatic carbocycles. The van der Waals surface area contributed by atoms with Crippen molar-refractivity contribution in [3.8, 4) is 11.5 Å². The maximum Gasteiger partial charge on any atom is 0.407 e. The maximum atomic E-state index is 11.8. The Hall–Kier alpha value is -4.41. The van der Waals surface area contributed by atoms with Gasteiger partial charge < -0.3 is 25.1 Å². The van der Waals surface area contributed by atoms with Crippen molar-refractivity contribution in [2.75, 3.05) is 10.6 Å². The summed E-state index contributed by atoms with van der Waals surface area (Å²) >= 11 is 0. The van der Waals surface area contributed by atoms with Crippen LogP contribution >= 0.6 is 0 Å². The third-order valence-electron chi connectivity index (χ3n) is 4.22. The van der Waals surface area contributed by atoms with Crippen molar-refractivity contribution in [2.24, 2.45) is 0 Å². The van der Waals surface area contributed by atoms with Crippen molar-refractivity contribution in [1.82, 2.24) is 30.5 Å². The number of aromatic nitrogens is 5. The second kappa shape index (κ2) is 9.39. The molecule has 11 heteroatoms. The topological polar surface area (TPSA) is 143 Å². The summed E-state index contributed by atoms with van der Waals surface area (Å²) in [6, 6.07) is 12.9. The van der Waals surface area contributed by atoms with Gasteiger partial charge in [-0.3, -0.25) is 5.10 Å². The zero-order valence-corrected chi connectivity index (χ0v) is 18.4. The molecule has 0 bridgehead atoms. The number of carbonyl (C=O) groups excluding carboxylic acids is 1. The number of aromatic amines is 1. The number of nitrogens with zero attached hydrogens (tertiary/aromatic N) is 4. The highest BCUT2D eigenvalue weighted by Crippen LogP contribution is 2.21. The van der Waals surface area contributed by atoms with E-state index in [2.05, 4.69) is 41.1 Å². The van der Waals surface area contributed by atoms with Gasteiger partial charge in [-0.1, -0.05) is 12.1 Å². The number of hydrogen-bond acceptors (Lipinski definition) is 9. The van der Waals surface area contributed by atoms with E-state index < -0.39 is 11.7 Å². The molecule has 4 aromatic rings. The highest BCUT2D eigenvalue weighted by atomic mass is 16.6. The summed E-state index contributed by atoms with van der Waals surface area (Å²) in [5.74, 6) is 1.93. The summed E-state index contributed by atoms with van der Waals surface area (Å²) in [6.45, 7) is 5.82. The van der Waals surface area contributed by atoms with E-state index in [9.17, 15) is 4.79 Å². The molecule has 0 aliphatic heterocycles. The quantitative estimate of drug-likeness (QED) is 0.324. The smallest absolute Gasteiger partial charge is 0.407 e. The maximum absolute atomic E-state index is 11.8. The molecule has 170 valence electrons. The fraction of sp³-hybridized carbons (Fsp3) is 0.227. The fourth-order valence-electron chi connectivity index (χ4n) is 2.80. The molecule has 0 aliphatic rings. The molecule has 0 atom stereocenters. The number of nitrogens with one attached hydrogen (secondary N) is 4. The molecule has 3 heterocycles. The Morgan fingerprint density at radius 3 is 2.55 bits per heavy atom. The first-order valence-electron chi connectivity index (χ1n) is 10.2. The average molecular weight is 448 g/mol. The first-order chi connectivity index (χ1) is 15.8. The summed E-state index contributed by atoms with van der Waals surface area (Å²) < 4.78 is 10.6. The van der Waals surface area contributed by atoms with Crippen LogP contribution in [0.1, 0.15) is 26.3 Å². The lowest BCUT2D eigenvalue weighted by Gasteiger charge is -2.19. The lowest BCUT2D eigenvalue weighted by atomic mass is 10.2. The van der Waals surface area contributed by atoms with E-state index >= 15 is 0 Å². The van der Waals surface area contributed by atoms with E-state index in [0.29, 0.717) is 30.0 Å². The predicted molar refractivity (Wildman–Crippen MR) is 122 cm³/mol. The van der Waals surface area contributed by atoms with Crippen LogP contribution in [0.15, 0.2) is 59.5 Å². The second-order valence-corrected chi connectivity index (χ2v) is 8.08. The minimum Gasteiger partial charge on any atom is -0.463 e. The fourth-order valence-corrected chi connectivity index (χ4v) is 2.80. The van der Waals surface area contributed by atoms with Gasteiger partial charge in [-0.2, -0.15) is 10.1 Å². The first-order valence-corrected chi connectivity index (χ1v) is 10.2. The number of rotatable bonds is 7. The Labute approximate surface area is 190 Å². The molecule has 1 amide bonds. The van der Waals surface area contributed by atoms with Gasteiger partial charge in [0.1, 0.15) is 17.6 Å². The van der Waals surface area contributed by atoms with Crippen molar-refractivity contribution >= 4 is 29.5 Å². The first kappa shape index (κ1) is 21.8. The molecular weight excluding hydrogens is 424 g/mol. The Bertz CT molecular complexity index is 1200. The molecule has 4 N–H and O–H groups in total.